The van der Waals surface area contributed by atoms with Crippen molar-refractivity contribution in [1.82, 2.24) is 19.8 Å². The van der Waals surface area contributed by atoms with Gasteiger partial charge in [-0.2, -0.15) is 0 Å². The predicted octanol–water partition coefficient (Wildman–Crippen LogP) is 3.72. The van der Waals surface area contributed by atoms with E-state index in [1.165, 1.54) is 32.0 Å². The Bertz CT molecular complexity index is 1110. The Balaban J connectivity index is 1.48. The topological polar surface area (TPSA) is 93.5 Å². The maximum absolute atomic E-state index is 13.1. The van der Waals surface area contributed by atoms with Crippen LogP contribution < -0.4 is 10.9 Å². The summed E-state index contributed by atoms with van der Waals surface area (Å²) in [6, 6.07) is 4.38. The molecule has 0 aliphatic heterocycles. The molecule has 3 aromatic rings. The molecule has 1 amide bonds. The highest BCUT2D eigenvalue weighted by Crippen LogP contribution is 2.25. The highest BCUT2D eigenvalue weighted by atomic mass is 16.3. The Morgan fingerprint density at radius 1 is 1.34 bits per heavy atom. The number of nitrogens with one attached hydrogen (secondary N) is 1. The number of hydrogen-bond donors (Lipinski definition) is 1. The van der Waals surface area contributed by atoms with Crippen molar-refractivity contribution in [2.75, 3.05) is 13.1 Å². The van der Waals surface area contributed by atoms with Crippen LogP contribution in [0.2, 0.25) is 0 Å². The van der Waals surface area contributed by atoms with Gasteiger partial charge < -0.3 is 14.2 Å². The monoisotopic (exact) mass is 440 g/mol. The Hall–Kier alpha value is -2.87. The Morgan fingerprint density at radius 3 is 2.81 bits per heavy atom. The van der Waals surface area contributed by atoms with Crippen molar-refractivity contribution in [2.24, 2.45) is 5.92 Å². The zero-order valence-corrected chi connectivity index (χ0v) is 19.1. The van der Waals surface area contributed by atoms with Crippen LogP contribution in [-0.4, -0.2) is 39.5 Å². The van der Waals surface area contributed by atoms with E-state index in [9.17, 15) is 9.59 Å². The van der Waals surface area contributed by atoms with E-state index in [2.05, 4.69) is 15.2 Å². The first kappa shape index (κ1) is 22.3. The molecule has 0 saturated heterocycles. The van der Waals surface area contributed by atoms with E-state index in [1.54, 1.807) is 17.8 Å². The van der Waals surface area contributed by atoms with Gasteiger partial charge in [0.25, 0.3) is 11.5 Å². The van der Waals surface area contributed by atoms with Crippen LogP contribution in [0.25, 0.3) is 11.1 Å². The van der Waals surface area contributed by atoms with Gasteiger partial charge in [0.05, 0.1) is 18.4 Å². The summed E-state index contributed by atoms with van der Waals surface area (Å²) in [6.45, 7) is 8.21. The maximum atomic E-state index is 13.1. The molecule has 0 aromatic carbocycles. The van der Waals surface area contributed by atoms with E-state index in [0.717, 1.165) is 12.3 Å². The fourth-order valence-corrected chi connectivity index (χ4v) is 4.60. The molecule has 1 N–H and O–H groups in total. The number of hydrogen-bond acceptors (Lipinski definition) is 6. The molecule has 4 rings (SSSR count). The smallest absolute Gasteiger partial charge is 0.265 e. The lowest BCUT2D eigenvalue weighted by Crippen LogP contribution is -2.39. The minimum atomic E-state index is -0.299. The molecule has 0 unspecified atom stereocenters. The summed E-state index contributed by atoms with van der Waals surface area (Å²) in [7, 11) is 0. The summed E-state index contributed by atoms with van der Waals surface area (Å²) in [6.07, 6.45) is 7.99. The predicted molar refractivity (Wildman–Crippen MR) is 122 cm³/mol. The lowest BCUT2D eigenvalue weighted by atomic mass is 10.1. The van der Waals surface area contributed by atoms with Crippen LogP contribution in [0.5, 0.6) is 0 Å². The molecule has 8 nitrogen and oxygen atoms in total. The van der Waals surface area contributed by atoms with E-state index in [1.807, 2.05) is 26.0 Å². The molecule has 0 radical (unpaired) electrons. The van der Waals surface area contributed by atoms with E-state index in [0.29, 0.717) is 31.4 Å². The van der Waals surface area contributed by atoms with Gasteiger partial charge in [-0.1, -0.05) is 26.7 Å². The quantitative estimate of drug-likeness (QED) is 0.545. The Kier molecular flexibility index (Phi) is 6.79. The average molecular weight is 441 g/mol. The number of aromatic nitrogens is 2. The van der Waals surface area contributed by atoms with Crippen LogP contribution in [0, 0.1) is 12.8 Å². The highest BCUT2D eigenvalue weighted by Gasteiger charge is 2.25. The molecular formula is C24H32N4O4. The molecular weight excluding hydrogens is 408 g/mol. The van der Waals surface area contributed by atoms with Crippen molar-refractivity contribution in [3.8, 4) is 0 Å². The summed E-state index contributed by atoms with van der Waals surface area (Å²) in [4.78, 5) is 32.7. The molecule has 1 saturated carbocycles. The van der Waals surface area contributed by atoms with Gasteiger partial charge in [0.2, 0.25) is 5.71 Å². The summed E-state index contributed by atoms with van der Waals surface area (Å²) >= 11 is 0. The molecule has 1 aliphatic carbocycles. The van der Waals surface area contributed by atoms with E-state index < -0.39 is 0 Å². The second-order valence-corrected chi connectivity index (χ2v) is 9.05. The minimum Gasteiger partial charge on any atom is -0.468 e. The van der Waals surface area contributed by atoms with Gasteiger partial charge in [-0.15, -0.1) is 0 Å². The highest BCUT2D eigenvalue weighted by molar-refractivity contribution is 6.06. The third-order valence-corrected chi connectivity index (χ3v) is 6.11. The van der Waals surface area contributed by atoms with Crippen LogP contribution in [0.3, 0.4) is 0 Å². The molecule has 1 aliphatic rings. The number of amides is 1. The summed E-state index contributed by atoms with van der Waals surface area (Å²) in [5.74, 6) is 1.32. The van der Waals surface area contributed by atoms with Crippen molar-refractivity contribution >= 4 is 17.0 Å². The summed E-state index contributed by atoms with van der Waals surface area (Å²) in [5, 5.41) is 3.25. The number of carbonyl (C=O) groups excluding carboxylic acids is 1. The molecule has 172 valence electrons. The summed E-state index contributed by atoms with van der Waals surface area (Å²) < 4.78 is 12.7. The van der Waals surface area contributed by atoms with Crippen LogP contribution in [-0.2, 0) is 13.1 Å². The van der Waals surface area contributed by atoms with E-state index in [-0.39, 0.29) is 34.0 Å². The van der Waals surface area contributed by atoms with Gasteiger partial charge in [-0.05, 0) is 37.8 Å². The minimum absolute atomic E-state index is 0.211. The van der Waals surface area contributed by atoms with E-state index in [4.69, 9.17) is 8.83 Å². The van der Waals surface area contributed by atoms with Gasteiger partial charge in [-0.25, -0.2) is 4.98 Å². The standard InChI is InChI=1S/C24H32N4O4/c1-16(2)13-28-15-26-23-21(24(28)30)20(17(3)32-23)22(29)25-10-11-27(18-7-4-5-8-18)14-19-9-6-12-31-19/h6,9,12,15-16,18H,4-5,7-8,10-11,13-14H2,1-3H3,(H,25,29). The van der Waals surface area contributed by atoms with Crippen molar-refractivity contribution in [3.63, 3.8) is 0 Å². The second-order valence-electron chi connectivity index (χ2n) is 9.05. The number of carbonyl (C=O) groups is 1. The van der Waals surface area contributed by atoms with Gasteiger partial charge in [0, 0.05) is 25.7 Å². The first-order valence-corrected chi connectivity index (χ1v) is 11.5. The van der Waals surface area contributed by atoms with Crippen LogP contribution in [0.4, 0.5) is 0 Å². The molecule has 0 spiro atoms. The molecule has 3 aromatic heterocycles. The first-order valence-electron chi connectivity index (χ1n) is 11.5. The van der Waals surface area contributed by atoms with Gasteiger partial charge in [0.1, 0.15) is 23.2 Å². The Labute approximate surface area is 187 Å². The maximum Gasteiger partial charge on any atom is 0.265 e. The molecule has 0 bridgehead atoms. The SMILES string of the molecule is Cc1oc2ncn(CC(C)C)c(=O)c2c1C(=O)NCCN(Cc1ccco1)C1CCCC1. The molecule has 32 heavy (non-hydrogen) atoms. The van der Waals surface area contributed by atoms with Crippen molar-refractivity contribution < 1.29 is 13.6 Å². The van der Waals surface area contributed by atoms with Gasteiger partial charge in [0.15, 0.2) is 0 Å². The zero-order valence-electron chi connectivity index (χ0n) is 19.1. The lowest BCUT2D eigenvalue weighted by Gasteiger charge is -2.28. The third-order valence-electron chi connectivity index (χ3n) is 6.11. The number of furan rings is 2. The number of nitrogens with zero attached hydrogens (tertiary/aromatic N) is 3. The average Bonchev–Trinajstić information content (AvgIpc) is 3.50. The summed E-state index contributed by atoms with van der Waals surface area (Å²) in [5.41, 5.74) is 0.258. The van der Waals surface area contributed by atoms with Crippen LogP contribution >= 0.6 is 0 Å². The zero-order chi connectivity index (χ0) is 22.7. The van der Waals surface area contributed by atoms with E-state index >= 15 is 0 Å². The van der Waals surface area contributed by atoms with Crippen molar-refractivity contribution in [2.45, 2.75) is 65.6 Å². The van der Waals surface area contributed by atoms with Crippen LogP contribution in [0.15, 0.2) is 38.4 Å². The fourth-order valence-electron chi connectivity index (χ4n) is 4.60. The van der Waals surface area contributed by atoms with Crippen molar-refractivity contribution in [3.05, 3.63) is 52.2 Å². The number of aryl methyl sites for hydroxylation is 1. The van der Waals surface area contributed by atoms with Crippen LogP contribution in [0.1, 0.15) is 61.4 Å². The molecule has 3 heterocycles. The number of fused-ring (bicyclic) bond motifs is 1. The fraction of sp³-hybridized carbons (Fsp3) is 0.542. The van der Waals surface area contributed by atoms with Crippen molar-refractivity contribution in [1.29, 1.82) is 0 Å². The normalized spacial score (nSPS) is 14.8. The third kappa shape index (κ3) is 4.80. The lowest BCUT2D eigenvalue weighted by molar-refractivity contribution is 0.0941. The second kappa shape index (κ2) is 9.73. The molecule has 1 fully saturated rings. The first-order chi connectivity index (χ1) is 15.4. The molecule has 8 heteroatoms. The number of rotatable bonds is 9. The van der Waals surface area contributed by atoms with Gasteiger partial charge in [-0.3, -0.25) is 19.1 Å². The molecule has 0 atom stereocenters. The Morgan fingerprint density at radius 2 is 2.12 bits per heavy atom. The largest absolute Gasteiger partial charge is 0.468 e. The van der Waals surface area contributed by atoms with Gasteiger partial charge >= 0.3 is 0 Å².